The van der Waals surface area contributed by atoms with Crippen molar-refractivity contribution in [3.05, 3.63) is 53.3 Å². The van der Waals surface area contributed by atoms with Gasteiger partial charge >= 0.3 is 0 Å². The molecule has 0 bridgehead atoms. The van der Waals surface area contributed by atoms with E-state index in [1.165, 1.54) is 0 Å². The van der Waals surface area contributed by atoms with Gasteiger partial charge in [-0.3, -0.25) is 20.4 Å². The highest BCUT2D eigenvalue weighted by Crippen LogP contribution is 2.24. The Hall–Kier alpha value is -2.47. The third-order valence-electron chi connectivity index (χ3n) is 2.65. The monoisotopic (exact) mass is 307 g/mol. The molecule has 0 fully saturated rings. The molecule has 2 rings (SSSR count). The molecule has 0 aliphatic heterocycles. The average Bonchev–Trinajstić information content (AvgIpc) is 3.01. The largest absolute Gasteiger partial charge is 0.479 e. The Morgan fingerprint density at radius 3 is 2.62 bits per heavy atom. The molecular weight excluding hydrogens is 294 g/mol. The van der Waals surface area contributed by atoms with E-state index in [1.807, 2.05) is 0 Å². The molecule has 1 aromatic carbocycles. The number of amides is 2. The average molecular weight is 308 g/mol. The zero-order valence-corrected chi connectivity index (χ0v) is 12.0. The summed E-state index contributed by atoms with van der Waals surface area (Å²) in [6, 6.07) is 10.1. The Kier molecular flexibility index (Phi) is 4.84. The van der Waals surface area contributed by atoms with Crippen molar-refractivity contribution < 1.29 is 14.3 Å². The molecule has 0 saturated carbocycles. The van der Waals surface area contributed by atoms with E-state index >= 15 is 0 Å². The van der Waals surface area contributed by atoms with Gasteiger partial charge in [0.15, 0.2) is 6.10 Å². The van der Waals surface area contributed by atoms with Gasteiger partial charge in [0.05, 0.1) is 5.02 Å². The van der Waals surface area contributed by atoms with Crippen LogP contribution in [0.1, 0.15) is 17.4 Å². The fourth-order valence-corrected chi connectivity index (χ4v) is 1.72. The van der Waals surface area contributed by atoms with Crippen molar-refractivity contribution in [1.82, 2.24) is 15.8 Å². The van der Waals surface area contributed by atoms with E-state index < -0.39 is 17.9 Å². The molecule has 110 valence electrons. The van der Waals surface area contributed by atoms with Gasteiger partial charge in [-0.1, -0.05) is 23.7 Å². The minimum Gasteiger partial charge on any atom is -0.479 e. The first-order chi connectivity index (χ1) is 10.1. The lowest BCUT2D eigenvalue weighted by Crippen LogP contribution is -2.47. The van der Waals surface area contributed by atoms with Crippen molar-refractivity contribution in [2.24, 2.45) is 0 Å². The molecule has 0 radical (unpaired) electrons. The molecule has 1 unspecified atom stereocenters. The van der Waals surface area contributed by atoms with Gasteiger partial charge in [0, 0.05) is 6.20 Å². The van der Waals surface area contributed by atoms with Crippen molar-refractivity contribution in [1.29, 1.82) is 0 Å². The lowest BCUT2D eigenvalue weighted by Gasteiger charge is -2.15. The van der Waals surface area contributed by atoms with Crippen LogP contribution in [-0.4, -0.2) is 22.9 Å². The normalized spacial score (nSPS) is 11.5. The zero-order valence-electron chi connectivity index (χ0n) is 11.2. The Morgan fingerprint density at radius 2 is 1.95 bits per heavy atom. The van der Waals surface area contributed by atoms with Crippen molar-refractivity contribution in [3.8, 4) is 5.75 Å². The van der Waals surface area contributed by atoms with Gasteiger partial charge in [0.25, 0.3) is 11.8 Å². The number of hydrogen-bond donors (Lipinski definition) is 3. The molecule has 0 spiro atoms. The number of para-hydroxylation sites is 1. The van der Waals surface area contributed by atoms with Crippen molar-refractivity contribution >= 4 is 23.4 Å². The number of aromatic nitrogens is 1. The first-order valence-corrected chi connectivity index (χ1v) is 6.60. The molecule has 0 aliphatic rings. The van der Waals surface area contributed by atoms with Crippen LogP contribution in [0.4, 0.5) is 0 Å². The molecule has 2 aromatic rings. The SMILES string of the molecule is CC(Oc1ccccc1Cl)C(=O)NNC(=O)c1ccc[nH]1. The summed E-state index contributed by atoms with van der Waals surface area (Å²) >= 11 is 5.94. The fraction of sp³-hybridized carbons (Fsp3) is 0.143. The van der Waals surface area contributed by atoms with E-state index in [-0.39, 0.29) is 0 Å². The second-order valence-electron chi connectivity index (χ2n) is 4.22. The minimum atomic E-state index is -0.811. The maximum Gasteiger partial charge on any atom is 0.286 e. The van der Waals surface area contributed by atoms with Crippen LogP contribution in [0.5, 0.6) is 5.75 Å². The Labute approximate surface area is 126 Å². The highest BCUT2D eigenvalue weighted by molar-refractivity contribution is 6.32. The number of nitrogens with one attached hydrogen (secondary N) is 3. The van der Waals surface area contributed by atoms with Crippen LogP contribution in [0.25, 0.3) is 0 Å². The van der Waals surface area contributed by atoms with Gasteiger partial charge in [-0.15, -0.1) is 0 Å². The summed E-state index contributed by atoms with van der Waals surface area (Å²) in [5.41, 5.74) is 4.91. The summed E-state index contributed by atoms with van der Waals surface area (Å²) in [5.74, 6) is -0.536. The summed E-state index contributed by atoms with van der Waals surface area (Å²) in [5, 5.41) is 0.410. The summed E-state index contributed by atoms with van der Waals surface area (Å²) in [6.45, 7) is 1.56. The molecule has 1 aromatic heterocycles. The van der Waals surface area contributed by atoms with Crippen molar-refractivity contribution in [2.75, 3.05) is 0 Å². The third kappa shape index (κ3) is 4.00. The Balaban J connectivity index is 1.86. The van der Waals surface area contributed by atoms with E-state index in [2.05, 4.69) is 15.8 Å². The predicted octanol–water partition coefficient (Wildman–Crippen LogP) is 1.90. The van der Waals surface area contributed by atoms with E-state index in [9.17, 15) is 9.59 Å². The standard InChI is InChI=1S/C14H14ClN3O3/c1-9(21-12-7-3-2-5-10(12)15)13(19)17-18-14(20)11-6-4-8-16-11/h2-9,16H,1H3,(H,17,19)(H,18,20). The predicted molar refractivity (Wildman–Crippen MR) is 77.9 cm³/mol. The molecule has 3 N–H and O–H groups in total. The first kappa shape index (κ1) is 14.9. The van der Waals surface area contributed by atoms with Crippen LogP contribution in [-0.2, 0) is 4.79 Å². The molecule has 1 atom stereocenters. The number of hydrazine groups is 1. The smallest absolute Gasteiger partial charge is 0.286 e. The first-order valence-electron chi connectivity index (χ1n) is 6.22. The van der Waals surface area contributed by atoms with Crippen LogP contribution in [0.15, 0.2) is 42.6 Å². The van der Waals surface area contributed by atoms with Gasteiger partial charge in [-0.25, -0.2) is 0 Å². The Morgan fingerprint density at radius 1 is 1.19 bits per heavy atom. The topological polar surface area (TPSA) is 83.2 Å². The lowest BCUT2D eigenvalue weighted by molar-refractivity contribution is -0.128. The molecule has 0 aliphatic carbocycles. The summed E-state index contributed by atoms with van der Waals surface area (Å²) < 4.78 is 5.43. The number of halogens is 1. The molecule has 6 nitrogen and oxygen atoms in total. The fourth-order valence-electron chi connectivity index (χ4n) is 1.54. The molecule has 2 amide bonds. The number of hydrogen-bond acceptors (Lipinski definition) is 3. The summed E-state index contributed by atoms with van der Waals surface area (Å²) in [4.78, 5) is 26.2. The van der Waals surface area contributed by atoms with Crippen LogP contribution >= 0.6 is 11.6 Å². The Bertz CT molecular complexity index is 628. The van der Waals surface area contributed by atoms with E-state index in [4.69, 9.17) is 16.3 Å². The van der Waals surface area contributed by atoms with Gasteiger partial charge in [0.1, 0.15) is 11.4 Å². The van der Waals surface area contributed by atoms with Crippen LogP contribution in [0, 0.1) is 0 Å². The third-order valence-corrected chi connectivity index (χ3v) is 2.96. The maximum absolute atomic E-state index is 11.8. The van der Waals surface area contributed by atoms with Crippen LogP contribution in [0.3, 0.4) is 0 Å². The molecule has 21 heavy (non-hydrogen) atoms. The number of carbonyl (C=O) groups is 2. The summed E-state index contributed by atoms with van der Waals surface area (Å²) in [6.07, 6.45) is 0.800. The van der Waals surface area contributed by atoms with Gasteiger partial charge in [0.2, 0.25) is 0 Å². The van der Waals surface area contributed by atoms with E-state index in [0.29, 0.717) is 16.5 Å². The van der Waals surface area contributed by atoms with Crippen molar-refractivity contribution in [2.45, 2.75) is 13.0 Å². The lowest BCUT2D eigenvalue weighted by atomic mass is 10.3. The highest BCUT2D eigenvalue weighted by Gasteiger charge is 2.17. The number of aromatic amines is 1. The second kappa shape index (κ2) is 6.81. The van der Waals surface area contributed by atoms with Crippen molar-refractivity contribution in [3.63, 3.8) is 0 Å². The van der Waals surface area contributed by atoms with Gasteiger partial charge in [-0.2, -0.15) is 0 Å². The number of rotatable bonds is 4. The molecule has 7 heteroatoms. The van der Waals surface area contributed by atoms with E-state index in [0.717, 1.165) is 0 Å². The van der Waals surface area contributed by atoms with Gasteiger partial charge < -0.3 is 9.72 Å². The van der Waals surface area contributed by atoms with E-state index in [1.54, 1.807) is 49.5 Å². The summed E-state index contributed by atoms with van der Waals surface area (Å²) in [7, 11) is 0. The number of H-pyrrole nitrogens is 1. The quantitative estimate of drug-likeness (QED) is 0.754. The van der Waals surface area contributed by atoms with Gasteiger partial charge in [-0.05, 0) is 31.2 Å². The molecule has 0 saturated heterocycles. The molecule has 1 heterocycles. The van der Waals surface area contributed by atoms with Crippen LogP contribution in [0.2, 0.25) is 5.02 Å². The second-order valence-corrected chi connectivity index (χ2v) is 4.62. The highest BCUT2D eigenvalue weighted by atomic mass is 35.5. The van der Waals surface area contributed by atoms with Crippen LogP contribution < -0.4 is 15.6 Å². The molecular formula is C14H14ClN3O3. The zero-order chi connectivity index (χ0) is 15.2. The maximum atomic E-state index is 11.8. The number of ether oxygens (including phenoxy) is 1. The minimum absolute atomic E-state index is 0.343. The number of carbonyl (C=O) groups excluding carboxylic acids is 2. The number of benzene rings is 1.